The van der Waals surface area contributed by atoms with Crippen LogP contribution < -0.4 is 14.8 Å². The predicted molar refractivity (Wildman–Crippen MR) is 126 cm³/mol. The molecule has 33 heavy (non-hydrogen) atoms. The van der Waals surface area contributed by atoms with E-state index < -0.39 is 0 Å². The maximum Gasteiger partial charge on any atom is 0.227 e. The van der Waals surface area contributed by atoms with E-state index in [4.69, 9.17) is 13.9 Å². The van der Waals surface area contributed by atoms with E-state index >= 15 is 0 Å². The summed E-state index contributed by atoms with van der Waals surface area (Å²) in [6, 6.07) is 5.36. The van der Waals surface area contributed by atoms with Gasteiger partial charge in [0.25, 0.3) is 0 Å². The Kier molecular flexibility index (Phi) is 9.30. The highest BCUT2D eigenvalue weighted by Gasteiger charge is 2.18. The van der Waals surface area contributed by atoms with Gasteiger partial charge in [-0.25, -0.2) is 4.98 Å². The zero-order valence-corrected chi connectivity index (χ0v) is 19.9. The molecule has 3 rings (SSSR count). The van der Waals surface area contributed by atoms with E-state index in [1.807, 2.05) is 6.07 Å². The minimum atomic E-state index is -0.239. The van der Waals surface area contributed by atoms with Crippen LogP contribution in [0.1, 0.15) is 50.0 Å². The van der Waals surface area contributed by atoms with Crippen molar-refractivity contribution in [2.75, 3.05) is 40.4 Å². The Bertz CT molecular complexity index is 932. The van der Waals surface area contributed by atoms with Gasteiger partial charge in [-0.2, -0.15) is 0 Å². The Morgan fingerprint density at radius 2 is 1.82 bits per heavy atom. The van der Waals surface area contributed by atoms with Crippen molar-refractivity contribution in [3.05, 3.63) is 29.7 Å². The number of aryl methyl sites for hydroxylation is 1. The molecule has 0 spiro atoms. The molecule has 1 aliphatic rings. The molecule has 1 aromatic carbocycles. The van der Waals surface area contributed by atoms with E-state index in [-0.39, 0.29) is 24.5 Å². The van der Waals surface area contributed by atoms with E-state index in [0.29, 0.717) is 35.4 Å². The Labute approximate surface area is 195 Å². The molecule has 2 aromatic rings. The summed E-state index contributed by atoms with van der Waals surface area (Å²) in [4.78, 5) is 31.6. The second-order valence-electron chi connectivity index (χ2n) is 8.44. The number of carbonyl (C=O) groups is 2. The van der Waals surface area contributed by atoms with Gasteiger partial charge in [0.15, 0.2) is 11.5 Å². The van der Waals surface area contributed by atoms with Crippen molar-refractivity contribution >= 4 is 11.7 Å². The Morgan fingerprint density at radius 1 is 1.09 bits per heavy atom. The van der Waals surface area contributed by atoms with Gasteiger partial charge in [0.05, 0.1) is 32.8 Å². The van der Waals surface area contributed by atoms with Crippen molar-refractivity contribution in [1.29, 1.82) is 0 Å². The summed E-state index contributed by atoms with van der Waals surface area (Å²) in [5.74, 6) is 1.71. The molecule has 1 fully saturated rings. The minimum Gasteiger partial charge on any atom is -0.493 e. The summed E-state index contributed by atoms with van der Waals surface area (Å²) in [6.07, 6.45) is 5.96. The molecular weight excluding hydrogens is 422 g/mol. The number of amides is 1. The minimum absolute atomic E-state index is 0.0593. The maximum atomic E-state index is 12.4. The molecule has 1 saturated heterocycles. The molecule has 8 heteroatoms. The van der Waals surface area contributed by atoms with Gasteiger partial charge in [0, 0.05) is 12.1 Å². The molecule has 0 bridgehead atoms. The van der Waals surface area contributed by atoms with Crippen molar-refractivity contribution in [1.82, 2.24) is 15.2 Å². The molecule has 1 amide bonds. The molecule has 0 unspecified atom stereocenters. The van der Waals surface area contributed by atoms with Gasteiger partial charge < -0.3 is 24.1 Å². The first-order valence-electron chi connectivity index (χ1n) is 11.7. The molecule has 8 nitrogen and oxygen atoms in total. The second-order valence-corrected chi connectivity index (χ2v) is 8.44. The highest BCUT2D eigenvalue weighted by molar-refractivity contribution is 5.98. The number of carbonyl (C=O) groups excluding carboxylic acids is 2. The second kappa shape index (κ2) is 12.4. The summed E-state index contributed by atoms with van der Waals surface area (Å²) in [5, 5.41) is 2.87. The van der Waals surface area contributed by atoms with Gasteiger partial charge in [-0.1, -0.05) is 12.8 Å². The lowest BCUT2D eigenvalue weighted by Gasteiger charge is -2.19. The molecule has 0 saturated carbocycles. The van der Waals surface area contributed by atoms with Crippen molar-refractivity contribution < 1.29 is 23.5 Å². The third-order valence-corrected chi connectivity index (χ3v) is 5.92. The lowest BCUT2D eigenvalue weighted by molar-refractivity contribution is -0.127. The van der Waals surface area contributed by atoms with Crippen LogP contribution in [0.2, 0.25) is 0 Å². The van der Waals surface area contributed by atoms with Gasteiger partial charge in [0.1, 0.15) is 11.5 Å². The smallest absolute Gasteiger partial charge is 0.227 e. The molecule has 2 heterocycles. The van der Waals surface area contributed by atoms with Crippen molar-refractivity contribution in [2.24, 2.45) is 0 Å². The normalized spacial score (nSPS) is 14.5. The summed E-state index contributed by atoms with van der Waals surface area (Å²) in [5.41, 5.74) is 1.26. The molecule has 0 aliphatic carbocycles. The first-order valence-corrected chi connectivity index (χ1v) is 11.7. The number of nitrogens with one attached hydrogen (secondary N) is 1. The number of Topliss-reactive ketones (excluding diaryl/α,β-unsaturated/α-hetero) is 1. The number of rotatable bonds is 11. The zero-order chi connectivity index (χ0) is 23.6. The van der Waals surface area contributed by atoms with Gasteiger partial charge in [-0.3, -0.25) is 9.59 Å². The summed E-state index contributed by atoms with van der Waals surface area (Å²) < 4.78 is 16.3. The Morgan fingerprint density at radius 3 is 2.52 bits per heavy atom. The van der Waals surface area contributed by atoms with Crippen LogP contribution in [0.25, 0.3) is 11.5 Å². The first-order chi connectivity index (χ1) is 16.0. The average molecular weight is 458 g/mol. The predicted octanol–water partition coefficient (Wildman–Crippen LogP) is 3.55. The van der Waals surface area contributed by atoms with Crippen LogP contribution in [0.15, 0.2) is 22.6 Å². The monoisotopic (exact) mass is 457 g/mol. The molecule has 0 atom stereocenters. The number of hydrogen-bond acceptors (Lipinski definition) is 7. The molecule has 1 N–H and O–H groups in total. The fraction of sp³-hybridized carbons (Fsp3) is 0.560. The van der Waals surface area contributed by atoms with E-state index in [9.17, 15) is 9.59 Å². The Balaban J connectivity index is 1.46. The number of nitrogens with zero attached hydrogens (tertiary/aromatic N) is 2. The maximum absolute atomic E-state index is 12.4. The van der Waals surface area contributed by atoms with Crippen LogP contribution in [0.3, 0.4) is 0 Å². The largest absolute Gasteiger partial charge is 0.493 e. The quantitative estimate of drug-likeness (QED) is 0.407. The molecule has 0 radical (unpaired) electrons. The van der Waals surface area contributed by atoms with Crippen LogP contribution in [0.4, 0.5) is 0 Å². The van der Waals surface area contributed by atoms with E-state index in [1.54, 1.807) is 33.3 Å². The SMILES string of the molecule is COc1ccc(-c2nc(CC(=O)CC(=O)NCCCN3CCCCCC3)c(C)o2)cc1OC. The highest BCUT2D eigenvalue weighted by atomic mass is 16.5. The third-order valence-electron chi connectivity index (χ3n) is 5.92. The summed E-state index contributed by atoms with van der Waals surface area (Å²) in [6.45, 7) is 5.65. The number of hydrogen-bond donors (Lipinski definition) is 1. The number of ether oxygens (including phenoxy) is 2. The van der Waals surface area contributed by atoms with Crippen LogP contribution in [0, 0.1) is 6.92 Å². The standard InChI is InChI=1S/C25H35N3O5/c1-18-21(27-25(33-18)19-9-10-22(31-2)23(15-19)32-3)16-20(29)17-24(30)26-11-8-14-28-12-6-4-5-7-13-28/h9-10,15H,4-8,11-14,16-17H2,1-3H3,(H,26,30). The van der Waals surface area contributed by atoms with E-state index in [0.717, 1.165) is 31.6 Å². The number of oxazole rings is 1. The third kappa shape index (κ3) is 7.32. The number of aromatic nitrogens is 1. The fourth-order valence-electron chi connectivity index (χ4n) is 4.07. The van der Waals surface area contributed by atoms with Crippen molar-refractivity contribution in [2.45, 2.75) is 51.9 Å². The summed E-state index contributed by atoms with van der Waals surface area (Å²) >= 11 is 0. The number of benzene rings is 1. The van der Waals surface area contributed by atoms with Gasteiger partial charge in [0.2, 0.25) is 11.8 Å². The van der Waals surface area contributed by atoms with E-state index in [2.05, 4.69) is 15.2 Å². The highest BCUT2D eigenvalue weighted by Crippen LogP contribution is 2.32. The number of likely N-dealkylation sites (tertiary alicyclic amines) is 1. The van der Waals surface area contributed by atoms with Crippen LogP contribution in [-0.4, -0.2) is 62.0 Å². The van der Waals surface area contributed by atoms with Gasteiger partial charge in [-0.15, -0.1) is 0 Å². The van der Waals surface area contributed by atoms with Crippen LogP contribution >= 0.6 is 0 Å². The lowest BCUT2D eigenvalue weighted by Crippen LogP contribution is -2.31. The van der Waals surface area contributed by atoms with Gasteiger partial charge >= 0.3 is 0 Å². The molecule has 1 aromatic heterocycles. The lowest BCUT2D eigenvalue weighted by atomic mass is 10.1. The van der Waals surface area contributed by atoms with Crippen molar-refractivity contribution in [3.63, 3.8) is 0 Å². The molecule has 1 aliphatic heterocycles. The fourth-order valence-corrected chi connectivity index (χ4v) is 4.07. The first kappa shape index (κ1) is 24.8. The number of methoxy groups -OCH3 is 2. The van der Waals surface area contributed by atoms with E-state index in [1.165, 1.54) is 25.7 Å². The van der Waals surface area contributed by atoms with Crippen LogP contribution in [0.5, 0.6) is 11.5 Å². The van der Waals surface area contributed by atoms with Crippen LogP contribution in [-0.2, 0) is 16.0 Å². The molecule has 180 valence electrons. The number of ketones is 1. The van der Waals surface area contributed by atoms with Crippen molar-refractivity contribution in [3.8, 4) is 23.0 Å². The topological polar surface area (TPSA) is 93.9 Å². The molecular formula is C25H35N3O5. The summed E-state index contributed by atoms with van der Waals surface area (Å²) in [7, 11) is 3.13. The average Bonchev–Trinajstić information content (AvgIpc) is 3.00. The Hall–Kier alpha value is -2.87. The zero-order valence-electron chi connectivity index (χ0n) is 19.9. The van der Waals surface area contributed by atoms with Gasteiger partial charge in [-0.05, 0) is 64.0 Å².